The molecule has 4 heteroatoms. The highest BCUT2D eigenvalue weighted by molar-refractivity contribution is 7.09. The molecule has 1 fully saturated rings. The molecule has 0 aliphatic heterocycles. The number of carboxylic acids is 1. The van der Waals surface area contributed by atoms with Gasteiger partial charge in [-0.1, -0.05) is 13.3 Å². The summed E-state index contributed by atoms with van der Waals surface area (Å²) in [6.45, 7) is 2.02. The summed E-state index contributed by atoms with van der Waals surface area (Å²) < 4.78 is 0. The molecule has 0 radical (unpaired) electrons. The van der Waals surface area contributed by atoms with E-state index in [1.807, 2.05) is 12.3 Å². The predicted molar refractivity (Wildman–Crippen MR) is 54.4 cm³/mol. The minimum atomic E-state index is -0.711. The van der Waals surface area contributed by atoms with Crippen LogP contribution in [0, 0.1) is 5.92 Å². The van der Waals surface area contributed by atoms with E-state index >= 15 is 0 Å². The molecule has 0 amide bonds. The molecule has 1 N–H and O–H groups in total. The first-order valence-corrected chi connectivity index (χ1v) is 5.69. The molecule has 0 saturated heterocycles. The second kappa shape index (κ2) is 3.35. The van der Waals surface area contributed by atoms with Crippen LogP contribution in [0.3, 0.4) is 0 Å². The Bertz CT molecular complexity index is 336. The Labute approximate surface area is 86.8 Å². The van der Waals surface area contributed by atoms with Gasteiger partial charge in [-0.15, -0.1) is 11.3 Å². The first-order chi connectivity index (χ1) is 6.68. The van der Waals surface area contributed by atoms with Crippen molar-refractivity contribution in [2.24, 2.45) is 5.92 Å². The van der Waals surface area contributed by atoms with Crippen LogP contribution in [0.15, 0.2) is 11.6 Å². The summed E-state index contributed by atoms with van der Waals surface area (Å²) in [5.74, 6) is -0.511. The van der Waals surface area contributed by atoms with E-state index in [1.165, 1.54) is 11.3 Å². The van der Waals surface area contributed by atoms with Crippen molar-refractivity contribution in [2.75, 3.05) is 0 Å². The molecule has 2 unspecified atom stereocenters. The van der Waals surface area contributed by atoms with E-state index in [-0.39, 0.29) is 5.92 Å². The molecule has 1 heterocycles. The molecule has 1 saturated carbocycles. The largest absolute Gasteiger partial charge is 0.481 e. The molecular weight excluding hydrogens is 198 g/mol. The fourth-order valence-electron chi connectivity index (χ4n) is 2.35. The average Bonchev–Trinajstić information content (AvgIpc) is 2.72. The predicted octanol–water partition coefficient (Wildman–Crippen LogP) is 2.29. The summed E-state index contributed by atoms with van der Waals surface area (Å²) in [7, 11) is 0. The molecule has 1 aromatic rings. The van der Waals surface area contributed by atoms with Gasteiger partial charge in [0, 0.05) is 11.6 Å². The van der Waals surface area contributed by atoms with E-state index in [2.05, 4.69) is 4.98 Å². The monoisotopic (exact) mass is 211 g/mol. The topological polar surface area (TPSA) is 50.2 Å². The van der Waals surface area contributed by atoms with Crippen molar-refractivity contribution in [1.82, 2.24) is 4.98 Å². The number of hydrogen-bond donors (Lipinski definition) is 1. The summed E-state index contributed by atoms with van der Waals surface area (Å²) in [6.07, 6.45) is 4.41. The second-order valence-electron chi connectivity index (χ2n) is 3.91. The molecule has 0 bridgehead atoms. The minimum absolute atomic E-state index is 0.200. The zero-order chi connectivity index (χ0) is 10.2. The van der Waals surface area contributed by atoms with Crippen LogP contribution in [0.1, 0.15) is 31.2 Å². The van der Waals surface area contributed by atoms with Crippen molar-refractivity contribution in [2.45, 2.75) is 31.6 Å². The summed E-state index contributed by atoms with van der Waals surface area (Å²) in [5, 5.41) is 12.0. The smallest absolute Gasteiger partial charge is 0.316 e. The highest BCUT2D eigenvalue weighted by atomic mass is 32.1. The van der Waals surface area contributed by atoms with Gasteiger partial charge in [-0.05, 0) is 18.8 Å². The normalized spacial score (nSPS) is 31.9. The van der Waals surface area contributed by atoms with Crippen LogP contribution in [-0.2, 0) is 10.2 Å². The van der Waals surface area contributed by atoms with Gasteiger partial charge in [-0.25, -0.2) is 4.98 Å². The van der Waals surface area contributed by atoms with E-state index in [0.29, 0.717) is 0 Å². The molecule has 14 heavy (non-hydrogen) atoms. The minimum Gasteiger partial charge on any atom is -0.481 e. The van der Waals surface area contributed by atoms with Gasteiger partial charge in [-0.2, -0.15) is 0 Å². The Hall–Kier alpha value is -0.900. The summed E-state index contributed by atoms with van der Waals surface area (Å²) in [6, 6.07) is 0. The third-order valence-electron chi connectivity index (χ3n) is 3.25. The third-order valence-corrected chi connectivity index (χ3v) is 4.20. The Morgan fingerprint density at radius 3 is 3.00 bits per heavy atom. The Morgan fingerprint density at radius 2 is 2.57 bits per heavy atom. The zero-order valence-electron chi connectivity index (χ0n) is 8.06. The van der Waals surface area contributed by atoms with Gasteiger partial charge in [0.1, 0.15) is 10.4 Å². The van der Waals surface area contributed by atoms with Crippen molar-refractivity contribution < 1.29 is 9.90 Å². The number of aliphatic carboxylic acids is 1. The Kier molecular flexibility index (Phi) is 2.31. The van der Waals surface area contributed by atoms with Crippen molar-refractivity contribution in [3.05, 3.63) is 16.6 Å². The van der Waals surface area contributed by atoms with Crippen LogP contribution in [0.4, 0.5) is 0 Å². The number of hydrogen-bond acceptors (Lipinski definition) is 3. The molecule has 0 spiro atoms. The first kappa shape index (κ1) is 9.65. The van der Waals surface area contributed by atoms with E-state index in [4.69, 9.17) is 0 Å². The van der Waals surface area contributed by atoms with E-state index in [1.54, 1.807) is 6.20 Å². The molecule has 2 rings (SSSR count). The van der Waals surface area contributed by atoms with Crippen molar-refractivity contribution in [3.63, 3.8) is 0 Å². The number of carboxylic acid groups (broad SMARTS) is 1. The van der Waals surface area contributed by atoms with Crippen molar-refractivity contribution in [3.8, 4) is 0 Å². The first-order valence-electron chi connectivity index (χ1n) is 4.81. The second-order valence-corrected chi connectivity index (χ2v) is 4.80. The average molecular weight is 211 g/mol. The standard InChI is InChI=1S/C10H13NO2S/c1-7-3-2-4-10(7,9(12)13)8-11-5-6-14-8/h5-7H,2-4H2,1H3,(H,12,13). The van der Waals surface area contributed by atoms with Crippen LogP contribution in [0.2, 0.25) is 0 Å². The summed E-state index contributed by atoms with van der Waals surface area (Å²) >= 11 is 1.46. The van der Waals surface area contributed by atoms with E-state index < -0.39 is 11.4 Å². The van der Waals surface area contributed by atoms with Gasteiger partial charge < -0.3 is 5.11 Å². The quantitative estimate of drug-likeness (QED) is 0.816. The molecular formula is C10H13NO2S. The van der Waals surface area contributed by atoms with Crippen LogP contribution < -0.4 is 0 Å². The fourth-order valence-corrected chi connectivity index (χ4v) is 3.32. The molecule has 2 atom stereocenters. The molecule has 1 aliphatic carbocycles. The molecule has 1 aromatic heterocycles. The lowest BCUT2D eigenvalue weighted by Crippen LogP contribution is -2.38. The van der Waals surface area contributed by atoms with Crippen molar-refractivity contribution >= 4 is 17.3 Å². The van der Waals surface area contributed by atoms with Gasteiger partial charge in [-0.3, -0.25) is 4.79 Å². The number of aromatic nitrogens is 1. The van der Waals surface area contributed by atoms with Crippen LogP contribution in [-0.4, -0.2) is 16.1 Å². The van der Waals surface area contributed by atoms with Gasteiger partial charge in [0.2, 0.25) is 0 Å². The van der Waals surface area contributed by atoms with Crippen LogP contribution in [0.5, 0.6) is 0 Å². The molecule has 76 valence electrons. The number of thiazole rings is 1. The number of rotatable bonds is 2. The maximum atomic E-state index is 11.4. The maximum absolute atomic E-state index is 11.4. The van der Waals surface area contributed by atoms with Crippen LogP contribution in [0.25, 0.3) is 0 Å². The molecule has 3 nitrogen and oxygen atoms in total. The van der Waals surface area contributed by atoms with Gasteiger partial charge >= 0.3 is 5.97 Å². The third kappa shape index (κ3) is 1.17. The fraction of sp³-hybridized carbons (Fsp3) is 0.600. The maximum Gasteiger partial charge on any atom is 0.316 e. The van der Waals surface area contributed by atoms with Gasteiger partial charge in [0.05, 0.1) is 0 Å². The highest BCUT2D eigenvalue weighted by Crippen LogP contribution is 2.46. The summed E-state index contributed by atoms with van der Waals surface area (Å²) in [4.78, 5) is 15.6. The SMILES string of the molecule is CC1CCCC1(C(=O)O)c1nccs1. The van der Waals surface area contributed by atoms with E-state index in [0.717, 1.165) is 24.3 Å². The lowest BCUT2D eigenvalue weighted by atomic mass is 9.79. The summed E-state index contributed by atoms with van der Waals surface area (Å²) in [5.41, 5.74) is -0.700. The van der Waals surface area contributed by atoms with Gasteiger partial charge in [0.25, 0.3) is 0 Å². The zero-order valence-corrected chi connectivity index (χ0v) is 8.88. The Balaban J connectivity index is 2.46. The molecule has 0 aromatic carbocycles. The van der Waals surface area contributed by atoms with Crippen molar-refractivity contribution in [1.29, 1.82) is 0 Å². The number of carbonyl (C=O) groups is 1. The lowest BCUT2D eigenvalue weighted by Gasteiger charge is -2.26. The highest BCUT2D eigenvalue weighted by Gasteiger charge is 2.50. The molecule has 1 aliphatic rings. The van der Waals surface area contributed by atoms with E-state index in [9.17, 15) is 9.90 Å². The van der Waals surface area contributed by atoms with Crippen LogP contribution >= 0.6 is 11.3 Å². The number of nitrogens with zero attached hydrogens (tertiary/aromatic N) is 1. The van der Waals surface area contributed by atoms with Gasteiger partial charge in [0.15, 0.2) is 0 Å². The lowest BCUT2D eigenvalue weighted by molar-refractivity contribution is -0.145. The Morgan fingerprint density at radius 1 is 1.79 bits per heavy atom.